The van der Waals surface area contributed by atoms with Gasteiger partial charge in [0.25, 0.3) is 0 Å². The molecule has 0 spiro atoms. The molecule has 0 saturated heterocycles. The second-order valence-corrected chi connectivity index (χ2v) is 6.46. The lowest BCUT2D eigenvalue weighted by molar-refractivity contribution is -0.135. The smallest absolute Gasteiger partial charge is 0.239 e. The van der Waals surface area contributed by atoms with E-state index in [9.17, 15) is 14.0 Å². The maximum atomic E-state index is 12.9. The zero-order valence-corrected chi connectivity index (χ0v) is 14.3. The molecule has 2 aromatic rings. The topological polar surface area (TPSA) is 58.2 Å². The van der Waals surface area contributed by atoms with Gasteiger partial charge in [-0.3, -0.25) is 9.59 Å². The van der Waals surface area contributed by atoms with Gasteiger partial charge in [0.15, 0.2) is 0 Å². The number of benzene rings is 2. The molecule has 2 aromatic carbocycles. The van der Waals surface area contributed by atoms with Crippen LogP contribution in [0.1, 0.15) is 13.8 Å². The molecule has 0 unspecified atom stereocenters. The molecule has 0 heterocycles. The Morgan fingerprint density at radius 1 is 0.870 bits per heavy atom. The molecule has 0 radical (unpaired) electrons. The van der Waals surface area contributed by atoms with E-state index in [1.165, 1.54) is 38.1 Å². The van der Waals surface area contributed by atoms with E-state index >= 15 is 0 Å². The molecule has 0 fully saturated rings. The lowest BCUT2D eigenvalue weighted by atomic mass is 9.90. The Balaban J connectivity index is 2.06. The van der Waals surface area contributed by atoms with Gasteiger partial charge in [0, 0.05) is 15.8 Å². The van der Waals surface area contributed by atoms with E-state index < -0.39 is 23.0 Å². The van der Waals surface area contributed by atoms with Crippen LogP contribution >= 0.6 is 15.9 Å². The Labute approximate surface area is 142 Å². The third kappa shape index (κ3) is 4.39. The molecule has 0 aliphatic rings. The predicted molar refractivity (Wildman–Crippen MR) is 91.6 cm³/mol. The lowest BCUT2D eigenvalue weighted by Crippen LogP contribution is -2.41. The monoisotopic (exact) mass is 378 g/mol. The van der Waals surface area contributed by atoms with Crippen LogP contribution in [0.15, 0.2) is 53.0 Å². The van der Waals surface area contributed by atoms with E-state index in [0.29, 0.717) is 11.4 Å². The Kier molecular flexibility index (Phi) is 5.15. The van der Waals surface area contributed by atoms with E-state index in [1.54, 1.807) is 24.3 Å². The number of halogens is 2. The van der Waals surface area contributed by atoms with Gasteiger partial charge in [0.2, 0.25) is 11.8 Å². The number of amides is 2. The zero-order valence-electron chi connectivity index (χ0n) is 12.7. The normalized spacial score (nSPS) is 11.0. The molecule has 0 atom stereocenters. The minimum absolute atomic E-state index is 0.393. The quantitative estimate of drug-likeness (QED) is 0.783. The van der Waals surface area contributed by atoms with Gasteiger partial charge in [-0.25, -0.2) is 4.39 Å². The molecule has 6 heteroatoms. The summed E-state index contributed by atoms with van der Waals surface area (Å²) in [6, 6.07) is 12.4. The van der Waals surface area contributed by atoms with Crippen molar-refractivity contribution in [3.63, 3.8) is 0 Å². The van der Waals surface area contributed by atoms with Crippen molar-refractivity contribution in [2.24, 2.45) is 5.41 Å². The molecule has 0 aliphatic carbocycles. The summed E-state index contributed by atoms with van der Waals surface area (Å²) in [5.74, 6) is -1.30. The van der Waals surface area contributed by atoms with Gasteiger partial charge in [-0.15, -0.1) is 0 Å². The Morgan fingerprint density at radius 2 is 1.26 bits per heavy atom. The zero-order chi connectivity index (χ0) is 17.0. The molecule has 2 N–H and O–H groups in total. The Hall–Kier alpha value is -2.21. The third-order valence-electron chi connectivity index (χ3n) is 3.34. The molecule has 4 nitrogen and oxygen atoms in total. The maximum absolute atomic E-state index is 12.9. The van der Waals surface area contributed by atoms with E-state index in [4.69, 9.17) is 0 Å². The van der Waals surface area contributed by atoms with Crippen LogP contribution in [0.3, 0.4) is 0 Å². The first-order valence-corrected chi connectivity index (χ1v) is 7.72. The summed E-state index contributed by atoms with van der Waals surface area (Å²) < 4.78 is 13.8. The number of rotatable bonds is 4. The van der Waals surface area contributed by atoms with Crippen molar-refractivity contribution < 1.29 is 14.0 Å². The van der Waals surface area contributed by atoms with Crippen molar-refractivity contribution in [2.75, 3.05) is 10.6 Å². The Bertz CT molecular complexity index is 651. The molecule has 2 rings (SSSR count). The molecular weight excluding hydrogens is 363 g/mol. The Morgan fingerprint density at radius 3 is 1.70 bits per heavy atom. The molecule has 2 amide bonds. The van der Waals surface area contributed by atoms with Crippen LogP contribution in [0.4, 0.5) is 15.8 Å². The third-order valence-corrected chi connectivity index (χ3v) is 3.87. The molecule has 23 heavy (non-hydrogen) atoms. The second-order valence-electron chi connectivity index (χ2n) is 5.55. The summed E-state index contributed by atoms with van der Waals surface area (Å²) in [7, 11) is 0. The standard InChI is InChI=1S/C17H16BrFN2O2/c1-17(2,15(22)20-13-7-3-11(18)4-8-13)16(23)21-14-9-5-12(19)6-10-14/h3-10H,1-2H3,(H,20,22)(H,21,23). The van der Waals surface area contributed by atoms with Crippen molar-refractivity contribution >= 4 is 39.1 Å². The summed E-state index contributed by atoms with van der Waals surface area (Å²) in [4.78, 5) is 24.7. The predicted octanol–water partition coefficient (Wildman–Crippen LogP) is 4.19. The summed E-state index contributed by atoms with van der Waals surface area (Å²) in [6.45, 7) is 3.06. The summed E-state index contributed by atoms with van der Waals surface area (Å²) in [6.07, 6.45) is 0. The number of anilines is 2. The molecule has 0 aliphatic heterocycles. The fraction of sp³-hybridized carbons (Fsp3) is 0.176. The van der Waals surface area contributed by atoms with Crippen LogP contribution in [-0.2, 0) is 9.59 Å². The average Bonchev–Trinajstić information content (AvgIpc) is 2.51. The maximum Gasteiger partial charge on any atom is 0.239 e. The van der Waals surface area contributed by atoms with E-state index in [1.807, 2.05) is 0 Å². The highest BCUT2D eigenvalue weighted by atomic mass is 79.9. The van der Waals surface area contributed by atoms with Crippen LogP contribution < -0.4 is 10.6 Å². The van der Waals surface area contributed by atoms with Gasteiger partial charge in [0.1, 0.15) is 11.2 Å². The van der Waals surface area contributed by atoms with E-state index in [0.717, 1.165) is 4.47 Å². The number of hydrogen-bond acceptors (Lipinski definition) is 2. The first-order chi connectivity index (χ1) is 10.8. The van der Waals surface area contributed by atoms with Crippen LogP contribution in [0, 0.1) is 11.2 Å². The van der Waals surface area contributed by atoms with Crippen molar-refractivity contribution in [3.05, 3.63) is 58.8 Å². The van der Waals surface area contributed by atoms with Gasteiger partial charge in [-0.05, 0) is 62.4 Å². The van der Waals surface area contributed by atoms with Crippen molar-refractivity contribution in [1.29, 1.82) is 0 Å². The fourth-order valence-corrected chi connectivity index (χ4v) is 2.01. The van der Waals surface area contributed by atoms with E-state index in [2.05, 4.69) is 26.6 Å². The molecule has 0 bridgehead atoms. The molecular formula is C17H16BrFN2O2. The van der Waals surface area contributed by atoms with Crippen LogP contribution in [0.2, 0.25) is 0 Å². The summed E-state index contributed by atoms with van der Waals surface area (Å²) in [5.41, 5.74) is -0.261. The second kappa shape index (κ2) is 6.91. The number of nitrogens with one attached hydrogen (secondary N) is 2. The summed E-state index contributed by atoms with van der Waals surface area (Å²) in [5, 5.41) is 5.32. The average molecular weight is 379 g/mol. The van der Waals surface area contributed by atoms with Crippen LogP contribution in [-0.4, -0.2) is 11.8 Å². The summed E-state index contributed by atoms with van der Waals surface area (Å²) >= 11 is 3.31. The first-order valence-electron chi connectivity index (χ1n) is 6.93. The van der Waals surface area contributed by atoms with E-state index in [-0.39, 0.29) is 0 Å². The van der Waals surface area contributed by atoms with Gasteiger partial charge in [0.05, 0.1) is 0 Å². The highest BCUT2D eigenvalue weighted by Crippen LogP contribution is 2.22. The SMILES string of the molecule is CC(C)(C(=O)Nc1ccc(F)cc1)C(=O)Nc1ccc(Br)cc1. The minimum atomic E-state index is -1.29. The largest absolute Gasteiger partial charge is 0.325 e. The fourth-order valence-electron chi connectivity index (χ4n) is 1.74. The van der Waals surface area contributed by atoms with Crippen molar-refractivity contribution in [2.45, 2.75) is 13.8 Å². The van der Waals surface area contributed by atoms with Crippen molar-refractivity contribution in [1.82, 2.24) is 0 Å². The number of carbonyl (C=O) groups is 2. The highest BCUT2D eigenvalue weighted by molar-refractivity contribution is 9.10. The molecule has 0 saturated carbocycles. The first kappa shape index (κ1) is 17.1. The van der Waals surface area contributed by atoms with Gasteiger partial charge >= 0.3 is 0 Å². The van der Waals surface area contributed by atoms with Crippen LogP contribution in [0.25, 0.3) is 0 Å². The van der Waals surface area contributed by atoms with Crippen molar-refractivity contribution in [3.8, 4) is 0 Å². The van der Waals surface area contributed by atoms with Gasteiger partial charge in [-0.2, -0.15) is 0 Å². The number of hydrogen-bond donors (Lipinski definition) is 2. The minimum Gasteiger partial charge on any atom is -0.325 e. The van der Waals surface area contributed by atoms with Gasteiger partial charge < -0.3 is 10.6 Å². The number of carbonyl (C=O) groups excluding carboxylic acids is 2. The van der Waals surface area contributed by atoms with Gasteiger partial charge in [-0.1, -0.05) is 15.9 Å². The highest BCUT2D eigenvalue weighted by Gasteiger charge is 2.36. The lowest BCUT2D eigenvalue weighted by Gasteiger charge is -2.22. The van der Waals surface area contributed by atoms with Crippen LogP contribution in [0.5, 0.6) is 0 Å². The molecule has 120 valence electrons. The molecule has 0 aromatic heterocycles.